The van der Waals surface area contributed by atoms with Gasteiger partial charge in [-0.05, 0) is 91.6 Å². The van der Waals surface area contributed by atoms with Crippen LogP contribution in [-0.4, -0.2) is 104 Å². The van der Waals surface area contributed by atoms with Gasteiger partial charge in [-0.25, -0.2) is 4.98 Å². The molecule has 2 unspecified atom stereocenters. The Bertz CT molecular complexity index is 1980. The van der Waals surface area contributed by atoms with Crippen molar-refractivity contribution in [3.63, 3.8) is 0 Å². The van der Waals surface area contributed by atoms with Gasteiger partial charge in [0.1, 0.15) is 24.1 Å². The van der Waals surface area contributed by atoms with Gasteiger partial charge >= 0.3 is 6.18 Å². The number of methoxy groups -OCH3 is 2. The summed E-state index contributed by atoms with van der Waals surface area (Å²) in [6.07, 6.45) is -0.819. The lowest BCUT2D eigenvalue weighted by Gasteiger charge is -2.33. The van der Waals surface area contributed by atoms with Gasteiger partial charge in [-0.2, -0.15) is 18.3 Å². The van der Waals surface area contributed by atoms with E-state index in [4.69, 9.17) is 14.2 Å². The molecular weight excluding hydrogens is 703 g/mol. The lowest BCUT2D eigenvalue weighted by molar-refractivity contribution is -0.174. The number of likely N-dealkylation sites (tertiary alicyclic amines) is 1. The second-order valence-corrected chi connectivity index (χ2v) is 13.5. The first-order chi connectivity index (χ1) is 26.0. The van der Waals surface area contributed by atoms with Crippen molar-refractivity contribution in [2.75, 3.05) is 60.7 Å². The zero-order valence-corrected chi connectivity index (χ0v) is 30.5. The Labute approximate surface area is 311 Å². The van der Waals surface area contributed by atoms with E-state index in [0.717, 1.165) is 29.8 Å². The molecule has 2 aliphatic rings. The van der Waals surface area contributed by atoms with E-state index in [1.54, 1.807) is 54.1 Å². The number of amides is 1. The SMILES string of the molecule is COc1cccc(C(CCN2CCC(C(=O)c3nc4ccccc4n3CCOCC(F)(F)F)CC2)CN(C)C(=O)c2cc(C3C=NN=N3)ccc2OC)c1. The molecule has 4 aromatic rings. The smallest absolute Gasteiger partial charge is 0.411 e. The van der Waals surface area contributed by atoms with Gasteiger partial charge < -0.3 is 28.6 Å². The van der Waals surface area contributed by atoms with Crippen molar-refractivity contribution >= 4 is 28.9 Å². The van der Waals surface area contributed by atoms with Crippen molar-refractivity contribution in [3.8, 4) is 11.5 Å². The van der Waals surface area contributed by atoms with Crippen molar-refractivity contribution in [1.82, 2.24) is 19.4 Å². The molecule has 0 N–H and O–H groups in total. The number of rotatable bonds is 16. The number of piperidine rings is 1. The van der Waals surface area contributed by atoms with E-state index in [1.165, 1.54) is 7.11 Å². The lowest BCUT2D eigenvalue weighted by Crippen LogP contribution is -2.39. The molecule has 3 heterocycles. The van der Waals surface area contributed by atoms with E-state index >= 15 is 0 Å². The highest BCUT2D eigenvalue weighted by Gasteiger charge is 2.31. The van der Waals surface area contributed by atoms with Crippen LogP contribution in [0.5, 0.6) is 11.5 Å². The van der Waals surface area contributed by atoms with Gasteiger partial charge in [0.2, 0.25) is 5.78 Å². The van der Waals surface area contributed by atoms with Crippen LogP contribution in [0.15, 0.2) is 82.2 Å². The maximum Gasteiger partial charge on any atom is 0.411 e. The molecule has 0 saturated carbocycles. The van der Waals surface area contributed by atoms with Gasteiger partial charge in [0.25, 0.3) is 5.91 Å². The molecule has 12 nitrogen and oxygen atoms in total. The first-order valence-corrected chi connectivity index (χ1v) is 17.9. The number of carbonyl (C=O) groups is 2. The number of hydrogen-bond acceptors (Lipinski definition) is 10. The number of benzene rings is 3. The predicted octanol–water partition coefficient (Wildman–Crippen LogP) is 6.97. The van der Waals surface area contributed by atoms with Crippen molar-refractivity contribution in [1.29, 1.82) is 0 Å². The molecule has 0 radical (unpaired) electrons. The fraction of sp³-hybridized carbons (Fsp3) is 0.436. The number of imidazole rings is 1. The summed E-state index contributed by atoms with van der Waals surface area (Å²) in [6, 6.07) is 20.1. The Hall–Kier alpha value is -5.15. The summed E-state index contributed by atoms with van der Waals surface area (Å²) in [7, 11) is 4.94. The molecule has 1 fully saturated rings. The fourth-order valence-electron chi connectivity index (χ4n) is 7.09. The molecule has 0 spiro atoms. The summed E-state index contributed by atoms with van der Waals surface area (Å²) in [5.74, 6) is 0.837. The zero-order chi connectivity index (χ0) is 38.2. The Morgan fingerprint density at radius 1 is 0.981 bits per heavy atom. The van der Waals surface area contributed by atoms with Crippen LogP contribution in [-0.2, 0) is 11.3 Å². The number of alkyl halides is 3. The van der Waals surface area contributed by atoms with Gasteiger partial charge in [0, 0.05) is 32.0 Å². The normalized spacial score (nSPS) is 16.9. The quantitative estimate of drug-likeness (QED) is 0.0897. The van der Waals surface area contributed by atoms with E-state index < -0.39 is 12.8 Å². The standard InChI is InChI=1S/C39H44F3N7O5/c1-47(38(51)31-22-28(11-12-35(31)53-3)33-23-43-46-45-33)24-29(27-7-6-8-30(21-27)52-2)15-18-48-16-13-26(14-17-48)36(50)37-44-32-9-4-5-10-34(32)49(37)19-20-54-25-39(40,41)42/h4-12,21-23,26,29,33H,13-20,24-25H2,1-3H3. The molecule has 1 saturated heterocycles. The van der Waals surface area contributed by atoms with E-state index in [0.29, 0.717) is 54.8 Å². The maximum absolute atomic E-state index is 13.9. The number of ketones is 1. The number of carbonyl (C=O) groups excluding carboxylic acids is 2. The first-order valence-electron chi connectivity index (χ1n) is 17.9. The monoisotopic (exact) mass is 747 g/mol. The molecule has 15 heteroatoms. The zero-order valence-electron chi connectivity index (χ0n) is 30.5. The van der Waals surface area contributed by atoms with Crippen LogP contribution < -0.4 is 9.47 Å². The van der Waals surface area contributed by atoms with Crippen LogP contribution in [0, 0.1) is 5.92 Å². The van der Waals surface area contributed by atoms with Crippen molar-refractivity contribution in [2.45, 2.75) is 43.9 Å². The minimum Gasteiger partial charge on any atom is -0.497 e. The van der Waals surface area contributed by atoms with Crippen LogP contribution in [0.4, 0.5) is 13.2 Å². The summed E-state index contributed by atoms with van der Waals surface area (Å²) < 4.78 is 55.6. The average molecular weight is 748 g/mol. The minimum absolute atomic E-state index is 0.0298. The topological polar surface area (TPSA) is 123 Å². The molecule has 1 amide bonds. The number of fused-ring (bicyclic) bond motifs is 1. The highest BCUT2D eigenvalue weighted by Crippen LogP contribution is 2.31. The van der Waals surface area contributed by atoms with E-state index in [2.05, 4.69) is 25.3 Å². The van der Waals surface area contributed by atoms with Crippen molar-refractivity contribution < 1.29 is 37.0 Å². The number of likely N-dealkylation sites (N-methyl/N-ethyl adjacent to an activating group) is 1. The van der Waals surface area contributed by atoms with E-state index in [1.807, 2.05) is 42.5 Å². The second-order valence-electron chi connectivity index (χ2n) is 13.5. The molecule has 1 aromatic heterocycles. The van der Waals surface area contributed by atoms with Crippen molar-refractivity contribution in [3.05, 3.63) is 89.2 Å². The maximum atomic E-state index is 13.9. The van der Waals surface area contributed by atoms with Crippen LogP contribution in [0.25, 0.3) is 11.0 Å². The minimum atomic E-state index is -4.43. The molecule has 54 heavy (non-hydrogen) atoms. The number of Topliss-reactive ketones (excluding diaryl/α,β-unsaturated/α-hetero) is 1. The number of nitrogens with zero attached hydrogens (tertiary/aromatic N) is 7. The number of ether oxygens (including phenoxy) is 3. The summed E-state index contributed by atoms with van der Waals surface area (Å²) >= 11 is 0. The molecule has 286 valence electrons. The Balaban J connectivity index is 1.11. The van der Waals surface area contributed by atoms with Gasteiger partial charge in [0.15, 0.2) is 5.82 Å². The second kappa shape index (κ2) is 17.3. The molecule has 0 aliphatic carbocycles. The predicted molar refractivity (Wildman–Crippen MR) is 196 cm³/mol. The number of halogens is 3. The first kappa shape index (κ1) is 38.6. The summed E-state index contributed by atoms with van der Waals surface area (Å²) in [6.45, 7) is 1.09. The highest BCUT2D eigenvalue weighted by molar-refractivity contribution is 5.98. The van der Waals surface area contributed by atoms with Crippen LogP contribution in [0.3, 0.4) is 0 Å². The number of aromatic nitrogens is 2. The number of para-hydroxylation sites is 2. The number of hydrogen-bond donors (Lipinski definition) is 0. The lowest BCUT2D eigenvalue weighted by atomic mass is 9.90. The average Bonchev–Trinajstić information content (AvgIpc) is 3.86. The molecule has 6 rings (SSSR count). The Morgan fingerprint density at radius 3 is 2.50 bits per heavy atom. The van der Waals surface area contributed by atoms with Crippen molar-refractivity contribution in [2.24, 2.45) is 21.4 Å². The molecule has 2 aliphatic heterocycles. The molecular formula is C39H44F3N7O5. The Morgan fingerprint density at radius 2 is 1.78 bits per heavy atom. The van der Waals surface area contributed by atoms with Crippen LogP contribution >= 0.6 is 0 Å². The van der Waals surface area contributed by atoms with E-state index in [9.17, 15) is 22.8 Å². The van der Waals surface area contributed by atoms with Gasteiger partial charge in [-0.15, -0.1) is 5.10 Å². The Kier molecular flexibility index (Phi) is 12.4. The summed E-state index contributed by atoms with van der Waals surface area (Å²) in [4.78, 5) is 36.4. The van der Waals surface area contributed by atoms with Gasteiger partial charge in [0.05, 0.1) is 43.6 Å². The van der Waals surface area contributed by atoms with E-state index in [-0.39, 0.29) is 48.5 Å². The highest BCUT2D eigenvalue weighted by atomic mass is 19.4. The van der Waals surface area contributed by atoms with Crippen LogP contribution in [0.2, 0.25) is 0 Å². The van der Waals surface area contributed by atoms with Gasteiger partial charge in [-0.3, -0.25) is 9.59 Å². The summed E-state index contributed by atoms with van der Waals surface area (Å²) in [5, 5.41) is 11.6. The third-order valence-corrected chi connectivity index (χ3v) is 9.99. The molecule has 2 atom stereocenters. The third-order valence-electron chi connectivity index (χ3n) is 9.99. The molecule has 0 bridgehead atoms. The van der Waals surface area contributed by atoms with Crippen LogP contribution in [0.1, 0.15) is 63.3 Å². The van der Waals surface area contributed by atoms with Gasteiger partial charge in [-0.1, -0.05) is 30.3 Å². The largest absolute Gasteiger partial charge is 0.497 e. The molecule has 3 aromatic carbocycles. The summed E-state index contributed by atoms with van der Waals surface area (Å²) in [5.41, 5.74) is 3.55. The third kappa shape index (κ3) is 9.31. The fourth-order valence-corrected chi connectivity index (χ4v) is 7.09.